The van der Waals surface area contributed by atoms with Crippen LogP contribution in [0.3, 0.4) is 0 Å². The van der Waals surface area contributed by atoms with Gasteiger partial charge in [-0.25, -0.2) is 4.79 Å². The Labute approximate surface area is 211 Å². The summed E-state index contributed by atoms with van der Waals surface area (Å²) in [5, 5.41) is 14.5. The van der Waals surface area contributed by atoms with Gasteiger partial charge in [-0.2, -0.15) is 0 Å². The number of amides is 1. The Kier molecular flexibility index (Phi) is 6.56. The zero-order valence-electron chi connectivity index (χ0n) is 18.7. The Bertz CT molecular complexity index is 1340. The molecule has 3 aromatic carbocycles. The van der Waals surface area contributed by atoms with Crippen molar-refractivity contribution in [3.8, 4) is 0 Å². The maximum Gasteiger partial charge on any atom is 0.358 e. The monoisotopic (exact) mass is 510 g/mol. The predicted octanol–water partition coefficient (Wildman–Crippen LogP) is 5.17. The number of esters is 1. The molecule has 1 aliphatic rings. The summed E-state index contributed by atoms with van der Waals surface area (Å²) in [7, 11) is 1.11. The van der Waals surface area contributed by atoms with E-state index in [1.807, 2.05) is 6.92 Å². The number of aliphatic hydroxyl groups is 1. The zero-order valence-corrected chi connectivity index (χ0v) is 20.2. The van der Waals surface area contributed by atoms with Crippen molar-refractivity contribution < 1.29 is 24.2 Å². The molecule has 178 valence electrons. The van der Waals surface area contributed by atoms with Gasteiger partial charge in [0.05, 0.1) is 22.8 Å². The number of Topliss-reactive ketones (excluding diaryl/α,β-unsaturated/α-hetero) is 1. The maximum absolute atomic E-state index is 13.6. The molecule has 1 saturated heterocycles. The smallest absolute Gasteiger partial charge is 0.358 e. The molecule has 2 N–H and O–H groups in total. The van der Waals surface area contributed by atoms with Gasteiger partial charge in [0.2, 0.25) is 0 Å². The van der Waals surface area contributed by atoms with E-state index in [1.165, 1.54) is 12.1 Å². The minimum absolute atomic E-state index is 0.0684. The molecule has 0 bridgehead atoms. The van der Waals surface area contributed by atoms with E-state index in [-0.39, 0.29) is 27.0 Å². The third kappa shape index (κ3) is 4.03. The second kappa shape index (κ2) is 9.44. The van der Waals surface area contributed by atoms with Gasteiger partial charge in [0, 0.05) is 11.3 Å². The number of rotatable bonds is 5. The van der Waals surface area contributed by atoms with Crippen LogP contribution < -0.4 is 10.2 Å². The minimum Gasteiger partial charge on any atom is -0.507 e. The van der Waals surface area contributed by atoms with E-state index in [0.717, 1.165) is 17.6 Å². The van der Waals surface area contributed by atoms with Crippen LogP contribution >= 0.6 is 23.2 Å². The predicted molar refractivity (Wildman–Crippen MR) is 134 cm³/mol. The van der Waals surface area contributed by atoms with Gasteiger partial charge in [-0.3, -0.25) is 14.5 Å². The van der Waals surface area contributed by atoms with Crippen molar-refractivity contribution in [2.45, 2.75) is 12.6 Å². The van der Waals surface area contributed by atoms with Crippen LogP contribution in [0, 0.1) is 6.92 Å². The molecule has 0 saturated carbocycles. The first kappa shape index (κ1) is 24.3. The van der Waals surface area contributed by atoms with Gasteiger partial charge in [-0.15, -0.1) is 0 Å². The van der Waals surface area contributed by atoms with Crippen molar-refractivity contribution in [1.82, 2.24) is 0 Å². The normalized spacial score (nSPS) is 19.0. The first-order valence-corrected chi connectivity index (χ1v) is 11.2. The number of carbonyl (C=O) groups excluding carboxylic acids is 3. The number of nitrogens with zero attached hydrogens (tertiary/aromatic N) is 1. The second-order valence-corrected chi connectivity index (χ2v) is 8.63. The highest BCUT2D eigenvalue weighted by molar-refractivity contribution is 6.54. The number of methoxy groups -OCH3 is 1. The number of benzene rings is 3. The van der Waals surface area contributed by atoms with E-state index in [0.29, 0.717) is 0 Å². The lowest BCUT2D eigenvalue weighted by Gasteiger charge is -2.37. The van der Waals surface area contributed by atoms with E-state index >= 15 is 0 Å². The summed E-state index contributed by atoms with van der Waals surface area (Å²) in [5.41, 5.74) is -1.43. The zero-order chi connectivity index (χ0) is 25.3. The lowest BCUT2D eigenvalue weighted by atomic mass is 9.93. The summed E-state index contributed by atoms with van der Waals surface area (Å²) in [4.78, 5) is 41.4. The van der Waals surface area contributed by atoms with Crippen LogP contribution in [0.2, 0.25) is 10.0 Å². The molecule has 4 rings (SSSR count). The largest absolute Gasteiger partial charge is 0.507 e. The first-order valence-electron chi connectivity index (χ1n) is 10.5. The number of para-hydroxylation sites is 2. The molecule has 0 radical (unpaired) electrons. The van der Waals surface area contributed by atoms with Gasteiger partial charge in [0.25, 0.3) is 11.4 Å². The molecule has 35 heavy (non-hydrogen) atoms. The standard InChI is InChI=1S/C26H20Cl2N2O5/c1-15-11-13-16(14-12-15)22(31)20-23(32)24(33)30(17-7-4-3-5-8-17)26(20,25(34)35-2)29-21-18(27)9-6-10-19(21)28/h3-14,29,31H,1-2H3/b22-20+/t26-/m0/s1. The summed E-state index contributed by atoms with van der Waals surface area (Å²) in [6.45, 7) is 1.86. The Morgan fingerprint density at radius 2 is 1.54 bits per heavy atom. The fraction of sp³-hybridized carbons (Fsp3) is 0.115. The third-order valence-electron chi connectivity index (χ3n) is 5.65. The van der Waals surface area contributed by atoms with Gasteiger partial charge in [0.1, 0.15) is 11.3 Å². The molecule has 9 heteroatoms. The van der Waals surface area contributed by atoms with E-state index in [2.05, 4.69) is 5.32 Å². The number of aliphatic hydroxyl groups excluding tert-OH is 1. The number of hydrogen-bond acceptors (Lipinski definition) is 6. The summed E-state index contributed by atoms with van der Waals surface area (Å²) < 4.78 is 5.09. The average Bonchev–Trinajstić information content (AvgIpc) is 3.08. The average molecular weight is 511 g/mol. The molecule has 0 unspecified atom stereocenters. The molecule has 7 nitrogen and oxygen atoms in total. The molecular weight excluding hydrogens is 491 g/mol. The number of aryl methyl sites for hydroxylation is 1. The maximum atomic E-state index is 13.6. The van der Waals surface area contributed by atoms with Gasteiger partial charge >= 0.3 is 11.9 Å². The summed E-state index contributed by atoms with van der Waals surface area (Å²) in [5.74, 6) is -3.74. The number of nitrogens with one attached hydrogen (secondary N) is 1. The van der Waals surface area contributed by atoms with Crippen molar-refractivity contribution in [2.75, 3.05) is 17.3 Å². The molecule has 1 heterocycles. The van der Waals surface area contributed by atoms with Gasteiger partial charge < -0.3 is 15.2 Å². The number of ketones is 1. The Morgan fingerprint density at radius 1 is 0.943 bits per heavy atom. The van der Waals surface area contributed by atoms with Crippen LogP contribution in [0.25, 0.3) is 5.76 Å². The number of ether oxygens (including phenoxy) is 1. The molecule has 0 aliphatic carbocycles. The van der Waals surface area contributed by atoms with Crippen molar-refractivity contribution >= 4 is 58.0 Å². The van der Waals surface area contributed by atoms with Crippen LogP contribution in [0.15, 0.2) is 78.4 Å². The van der Waals surface area contributed by atoms with Crippen molar-refractivity contribution in [1.29, 1.82) is 0 Å². The summed E-state index contributed by atoms with van der Waals surface area (Å²) in [6.07, 6.45) is 0. The highest BCUT2D eigenvalue weighted by Gasteiger charge is 2.63. The van der Waals surface area contributed by atoms with Gasteiger partial charge in [-0.1, -0.05) is 77.3 Å². The molecule has 1 atom stereocenters. The Hall–Kier alpha value is -3.81. The number of hydrogen-bond donors (Lipinski definition) is 2. The number of carbonyl (C=O) groups is 3. The molecule has 1 aliphatic heterocycles. The lowest BCUT2D eigenvalue weighted by molar-refractivity contribution is -0.145. The highest BCUT2D eigenvalue weighted by atomic mass is 35.5. The summed E-state index contributed by atoms with van der Waals surface area (Å²) in [6, 6.07) is 19.3. The number of anilines is 2. The fourth-order valence-electron chi connectivity index (χ4n) is 3.97. The molecular formula is C26H20Cl2N2O5. The number of halogens is 2. The van der Waals surface area contributed by atoms with E-state index < -0.39 is 34.7 Å². The molecule has 3 aromatic rings. The summed E-state index contributed by atoms with van der Waals surface area (Å²) >= 11 is 12.8. The SMILES string of the molecule is COC(=O)[C@]1(Nc2c(Cl)cccc2Cl)/C(=C(/O)c2ccc(C)cc2)C(=O)C(=O)N1c1ccccc1. The van der Waals surface area contributed by atoms with Crippen molar-refractivity contribution in [3.05, 3.63) is 99.5 Å². The van der Waals surface area contributed by atoms with Crippen LogP contribution in [0.5, 0.6) is 0 Å². The molecule has 0 aromatic heterocycles. The second-order valence-electron chi connectivity index (χ2n) is 7.82. The Morgan fingerprint density at radius 3 is 2.11 bits per heavy atom. The quantitative estimate of drug-likeness (QED) is 0.213. The van der Waals surface area contributed by atoms with E-state index in [4.69, 9.17) is 27.9 Å². The molecule has 1 amide bonds. The topological polar surface area (TPSA) is 95.9 Å². The minimum atomic E-state index is -2.33. The first-order chi connectivity index (χ1) is 16.7. The van der Waals surface area contributed by atoms with E-state index in [9.17, 15) is 19.5 Å². The Balaban J connectivity index is 2.10. The molecule has 1 fully saturated rings. The van der Waals surface area contributed by atoms with Crippen LogP contribution in [-0.2, 0) is 19.1 Å². The van der Waals surface area contributed by atoms with E-state index in [1.54, 1.807) is 60.7 Å². The lowest BCUT2D eigenvalue weighted by Crippen LogP contribution is -2.59. The van der Waals surface area contributed by atoms with Gasteiger partial charge in [0.15, 0.2) is 0 Å². The van der Waals surface area contributed by atoms with Gasteiger partial charge in [-0.05, 0) is 31.2 Å². The van der Waals surface area contributed by atoms with Crippen LogP contribution in [0.1, 0.15) is 11.1 Å². The van der Waals surface area contributed by atoms with Crippen molar-refractivity contribution in [3.63, 3.8) is 0 Å². The molecule has 0 spiro atoms. The van der Waals surface area contributed by atoms with Crippen LogP contribution in [0.4, 0.5) is 11.4 Å². The van der Waals surface area contributed by atoms with Crippen LogP contribution in [-0.4, -0.2) is 35.5 Å². The highest BCUT2D eigenvalue weighted by Crippen LogP contribution is 2.44. The fourth-order valence-corrected chi connectivity index (χ4v) is 4.46. The van der Waals surface area contributed by atoms with Crippen molar-refractivity contribution in [2.24, 2.45) is 0 Å². The third-order valence-corrected chi connectivity index (χ3v) is 6.28.